The summed E-state index contributed by atoms with van der Waals surface area (Å²) >= 11 is 0. The van der Waals surface area contributed by atoms with E-state index < -0.39 is 0 Å². The first-order valence-electron chi connectivity index (χ1n) is 6.02. The standard InChI is InChI=1S/C11H21N5.ClH/c1-16(2)11-14-9(13-10(12)15-11)8-6-4-3-5-7-8;/h8-9H,3-7H2,1-2H3,(H3,12,13,14,15);1H. The summed E-state index contributed by atoms with van der Waals surface area (Å²) in [6, 6.07) is 0. The molecule has 0 aromatic rings. The lowest BCUT2D eigenvalue weighted by molar-refractivity contribution is 0.307. The molecule has 0 amide bonds. The number of guanidine groups is 2. The number of nitrogens with one attached hydrogen (secondary N) is 1. The third-order valence-electron chi connectivity index (χ3n) is 3.26. The summed E-state index contributed by atoms with van der Waals surface area (Å²) < 4.78 is 0. The lowest BCUT2D eigenvalue weighted by Gasteiger charge is -2.30. The summed E-state index contributed by atoms with van der Waals surface area (Å²) in [7, 11) is 3.92. The molecule has 1 heterocycles. The smallest absolute Gasteiger partial charge is 0.202 e. The molecule has 17 heavy (non-hydrogen) atoms. The number of nitrogens with zero attached hydrogens (tertiary/aromatic N) is 3. The van der Waals surface area contributed by atoms with Crippen molar-refractivity contribution in [3.8, 4) is 0 Å². The third kappa shape index (κ3) is 3.49. The SMILES string of the molecule is CN(C)C1=NC(C2CCCCC2)N=C(N)N1.Cl. The van der Waals surface area contributed by atoms with Gasteiger partial charge in [0, 0.05) is 20.0 Å². The van der Waals surface area contributed by atoms with Crippen LogP contribution in [0.25, 0.3) is 0 Å². The van der Waals surface area contributed by atoms with Gasteiger partial charge in [0.1, 0.15) is 6.17 Å². The van der Waals surface area contributed by atoms with Crippen LogP contribution in [0.1, 0.15) is 32.1 Å². The molecule has 5 nitrogen and oxygen atoms in total. The highest BCUT2D eigenvalue weighted by Gasteiger charge is 2.26. The lowest BCUT2D eigenvalue weighted by atomic mass is 9.87. The van der Waals surface area contributed by atoms with Crippen molar-refractivity contribution in [1.29, 1.82) is 0 Å². The van der Waals surface area contributed by atoms with E-state index in [2.05, 4.69) is 15.3 Å². The van der Waals surface area contributed by atoms with Gasteiger partial charge >= 0.3 is 0 Å². The van der Waals surface area contributed by atoms with Gasteiger partial charge in [-0.05, 0) is 12.8 Å². The molecule has 2 aliphatic rings. The maximum absolute atomic E-state index is 5.79. The van der Waals surface area contributed by atoms with E-state index >= 15 is 0 Å². The summed E-state index contributed by atoms with van der Waals surface area (Å²) in [6.07, 6.45) is 6.44. The minimum absolute atomic E-state index is 0. The fraction of sp³-hybridized carbons (Fsp3) is 0.818. The number of halogens is 1. The topological polar surface area (TPSA) is 66.0 Å². The van der Waals surface area contributed by atoms with Crippen LogP contribution in [0, 0.1) is 5.92 Å². The highest BCUT2D eigenvalue weighted by molar-refractivity contribution is 5.99. The van der Waals surface area contributed by atoms with E-state index in [1.54, 1.807) is 0 Å². The fourth-order valence-corrected chi connectivity index (χ4v) is 2.35. The van der Waals surface area contributed by atoms with Crippen LogP contribution in [-0.2, 0) is 0 Å². The van der Waals surface area contributed by atoms with Crippen LogP contribution < -0.4 is 11.1 Å². The molecule has 1 unspecified atom stereocenters. The zero-order chi connectivity index (χ0) is 11.5. The van der Waals surface area contributed by atoms with Crippen LogP contribution in [0.3, 0.4) is 0 Å². The Hall–Kier alpha value is -0.970. The minimum atomic E-state index is 0. The molecular weight excluding hydrogens is 238 g/mol. The van der Waals surface area contributed by atoms with Crippen molar-refractivity contribution < 1.29 is 0 Å². The van der Waals surface area contributed by atoms with Crippen LogP contribution in [-0.4, -0.2) is 37.1 Å². The van der Waals surface area contributed by atoms with E-state index in [4.69, 9.17) is 5.73 Å². The summed E-state index contributed by atoms with van der Waals surface area (Å²) in [5.41, 5.74) is 5.79. The Morgan fingerprint density at radius 3 is 2.41 bits per heavy atom. The molecule has 0 saturated heterocycles. The van der Waals surface area contributed by atoms with Crippen molar-refractivity contribution in [2.24, 2.45) is 21.6 Å². The van der Waals surface area contributed by atoms with E-state index in [0.717, 1.165) is 5.96 Å². The predicted octanol–water partition coefficient (Wildman–Crippen LogP) is 1.15. The van der Waals surface area contributed by atoms with Crippen LogP contribution in [0.4, 0.5) is 0 Å². The Labute approximate surface area is 109 Å². The Morgan fingerprint density at radius 1 is 1.18 bits per heavy atom. The minimum Gasteiger partial charge on any atom is -0.370 e. The molecule has 0 aromatic carbocycles. The van der Waals surface area contributed by atoms with Gasteiger partial charge in [0.05, 0.1) is 0 Å². The number of rotatable bonds is 1. The van der Waals surface area contributed by atoms with Crippen LogP contribution in [0.5, 0.6) is 0 Å². The summed E-state index contributed by atoms with van der Waals surface area (Å²) in [5.74, 6) is 1.89. The molecule has 0 aromatic heterocycles. The number of aliphatic imine (C=N–C) groups is 2. The average Bonchev–Trinajstić information content (AvgIpc) is 2.29. The van der Waals surface area contributed by atoms with Gasteiger partial charge < -0.3 is 10.6 Å². The van der Waals surface area contributed by atoms with Crippen molar-refractivity contribution in [2.75, 3.05) is 14.1 Å². The molecule has 0 radical (unpaired) electrons. The van der Waals surface area contributed by atoms with Crippen molar-refractivity contribution in [1.82, 2.24) is 10.2 Å². The molecule has 3 N–H and O–H groups in total. The quantitative estimate of drug-likeness (QED) is 0.743. The Balaban J connectivity index is 0.00000144. The van der Waals surface area contributed by atoms with Crippen LogP contribution in [0.15, 0.2) is 9.98 Å². The monoisotopic (exact) mass is 259 g/mol. The van der Waals surface area contributed by atoms with Crippen molar-refractivity contribution in [3.63, 3.8) is 0 Å². The van der Waals surface area contributed by atoms with Gasteiger partial charge in [-0.25, -0.2) is 9.98 Å². The summed E-state index contributed by atoms with van der Waals surface area (Å²) in [4.78, 5) is 11.0. The number of hydrogen-bond acceptors (Lipinski definition) is 5. The second-order valence-electron chi connectivity index (χ2n) is 4.80. The van der Waals surface area contributed by atoms with E-state index in [1.807, 2.05) is 19.0 Å². The molecule has 1 aliphatic heterocycles. The average molecular weight is 260 g/mol. The van der Waals surface area contributed by atoms with E-state index in [1.165, 1.54) is 32.1 Å². The van der Waals surface area contributed by atoms with E-state index in [0.29, 0.717) is 11.9 Å². The first-order valence-corrected chi connectivity index (χ1v) is 6.02. The van der Waals surface area contributed by atoms with Gasteiger partial charge in [0.2, 0.25) is 5.96 Å². The maximum atomic E-state index is 5.79. The predicted molar refractivity (Wildman–Crippen MR) is 73.5 cm³/mol. The fourth-order valence-electron chi connectivity index (χ4n) is 2.35. The lowest BCUT2D eigenvalue weighted by Crippen LogP contribution is -2.48. The van der Waals surface area contributed by atoms with Gasteiger partial charge in [0.25, 0.3) is 0 Å². The molecule has 0 bridgehead atoms. The number of hydrogen-bond donors (Lipinski definition) is 2. The van der Waals surface area contributed by atoms with Gasteiger partial charge in [0.15, 0.2) is 5.96 Å². The molecule has 1 atom stereocenters. The molecule has 2 rings (SSSR count). The largest absolute Gasteiger partial charge is 0.370 e. The van der Waals surface area contributed by atoms with Crippen LogP contribution in [0.2, 0.25) is 0 Å². The van der Waals surface area contributed by atoms with E-state index in [9.17, 15) is 0 Å². The molecule has 0 spiro atoms. The Morgan fingerprint density at radius 2 is 1.82 bits per heavy atom. The van der Waals surface area contributed by atoms with Gasteiger partial charge in [-0.15, -0.1) is 12.4 Å². The molecule has 98 valence electrons. The second kappa shape index (κ2) is 6.10. The van der Waals surface area contributed by atoms with Crippen LogP contribution >= 0.6 is 12.4 Å². The Kier molecular flexibility index (Phi) is 5.05. The van der Waals surface area contributed by atoms with Gasteiger partial charge in [-0.1, -0.05) is 19.3 Å². The van der Waals surface area contributed by atoms with Crippen molar-refractivity contribution >= 4 is 24.3 Å². The number of nitrogens with two attached hydrogens (primary N) is 1. The first-order chi connectivity index (χ1) is 7.66. The summed E-state index contributed by atoms with van der Waals surface area (Å²) in [6.45, 7) is 0. The van der Waals surface area contributed by atoms with Crippen molar-refractivity contribution in [3.05, 3.63) is 0 Å². The highest BCUT2D eigenvalue weighted by atomic mass is 35.5. The molecular formula is C11H22ClN5. The third-order valence-corrected chi connectivity index (χ3v) is 3.26. The molecule has 1 fully saturated rings. The zero-order valence-corrected chi connectivity index (χ0v) is 11.3. The Bertz CT molecular complexity index is 307. The molecule has 1 saturated carbocycles. The maximum Gasteiger partial charge on any atom is 0.202 e. The van der Waals surface area contributed by atoms with E-state index in [-0.39, 0.29) is 18.6 Å². The molecule has 6 heteroatoms. The normalized spacial score (nSPS) is 25.2. The second-order valence-corrected chi connectivity index (χ2v) is 4.80. The van der Waals surface area contributed by atoms with Crippen molar-refractivity contribution in [2.45, 2.75) is 38.3 Å². The zero-order valence-electron chi connectivity index (χ0n) is 10.5. The molecule has 1 aliphatic carbocycles. The first kappa shape index (κ1) is 14.1. The highest BCUT2D eigenvalue weighted by Crippen LogP contribution is 2.29. The van der Waals surface area contributed by atoms with Gasteiger partial charge in [-0.2, -0.15) is 0 Å². The van der Waals surface area contributed by atoms with Gasteiger partial charge in [-0.3, -0.25) is 5.32 Å². The summed E-state index contributed by atoms with van der Waals surface area (Å²) in [5, 5.41) is 2.99.